The Bertz CT molecular complexity index is 749. The Morgan fingerprint density at radius 3 is 2.73 bits per heavy atom. The van der Waals surface area contributed by atoms with Gasteiger partial charge in [0.25, 0.3) is 11.6 Å². The summed E-state index contributed by atoms with van der Waals surface area (Å²) in [5.41, 5.74) is 1.19. The highest BCUT2D eigenvalue weighted by Gasteiger charge is 2.16. The molecule has 2 rings (SSSR count). The van der Waals surface area contributed by atoms with E-state index >= 15 is 0 Å². The van der Waals surface area contributed by atoms with Crippen LogP contribution in [-0.2, 0) is 0 Å². The summed E-state index contributed by atoms with van der Waals surface area (Å²) in [5, 5.41) is 13.2. The second-order valence-corrected chi connectivity index (χ2v) is 4.85. The van der Waals surface area contributed by atoms with Gasteiger partial charge in [-0.15, -0.1) is 0 Å². The fraction of sp³-hybridized carbons (Fsp3) is 0.143. The van der Waals surface area contributed by atoms with E-state index in [-0.39, 0.29) is 22.2 Å². The number of hydrogen-bond donors (Lipinski definition) is 1. The molecule has 0 radical (unpaired) electrons. The molecule has 2 aromatic rings. The predicted molar refractivity (Wildman–Crippen MR) is 81.6 cm³/mol. The maximum Gasteiger partial charge on any atom is 0.287 e. The van der Waals surface area contributed by atoms with E-state index in [2.05, 4.69) is 10.3 Å². The molecule has 8 heteroatoms. The number of nitrogens with one attached hydrogen (secondary N) is 1. The Hall–Kier alpha value is -2.67. The molecule has 0 atom stereocenters. The number of ether oxygens (including phenoxy) is 1. The summed E-state index contributed by atoms with van der Waals surface area (Å²) in [7, 11) is 1.44. The first-order valence-electron chi connectivity index (χ1n) is 6.18. The predicted octanol–water partition coefficient (Wildman–Crippen LogP) is 3.21. The number of hydrogen-bond acceptors (Lipinski definition) is 5. The number of methoxy groups -OCH3 is 1. The minimum Gasteiger partial charge on any atom is -0.480 e. The molecule has 0 saturated carbocycles. The van der Waals surface area contributed by atoms with Crippen molar-refractivity contribution in [3.63, 3.8) is 0 Å². The summed E-state index contributed by atoms with van der Waals surface area (Å²) in [4.78, 5) is 26.3. The van der Waals surface area contributed by atoms with E-state index in [1.165, 1.54) is 25.3 Å². The van der Waals surface area contributed by atoms with Crippen LogP contribution in [-0.4, -0.2) is 22.9 Å². The van der Waals surface area contributed by atoms with Crippen LogP contribution < -0.4 is 10.1 Å². The molecule has 1 heterocycles. The summed E-state index contributed by atoms with van der Waals surface area (Å²) in [5.74, 6) is -0.200. The third kappa shape index (κ3) is 3.32. The van der Waals surface area contributed by atoms with Crippen LogP contribution in [0, 0.1) is 17.0 Å². The average molecular weight is 322 g/mol. The Labute approximate surface area is 131 Å². The van der Waals surface area contributed by atoms with E-state index in [9.17, 15) is 14.9 Å². The molecule has 0 fully saturated rings. The van der Waals surface area contributed by atoms with Gasteiger partial charge in [0.1, 0.15) is 10.7 Å². The van der Waals surface area contributed by atoms with Gasteiger partial charge in [0.15, 0.2) is 0 Å². The first kappa shape index (κ1) is 15.7. The molecular weight excluding hydrogens is 310 g/mol. The van der Waals surface area contributed by atoms with Crippen molar-refractivity contribution in [2.45, 2.75) is 6.92 Å². The van der Waals surface area contributed by atoms with E-state index < -0.39 is 10.8 Å². The van der Waals surface area contributed by atoms with Crippen LogP contribution in [0.15, 0.2) is 30.5 Å². The number of anilines is 1. The van der Waals surface area contributed by atoms with Crippen molar-refractivity contribution >= 4 is 28.9 Å². The average Bonchev–Trinajstić information content (AvgIpc) is 2.47. The molecule has 1 aromatic carbocycles. The van der Waals surface area contributed by atoms with Gasteiger partial charge in [-0.2, -0.15) is 0 Å². The lowest BCUT2D eigenvalue weighted by molar-refractivity contribution is -0.384. The highest BCUT2D eigenvalue weighted by Crippen LogP contribution is 2.27. The lowest BCUT2D eigenvalue weighted by atomic mass is 10.2. The fourth-order valence-electron chi connectivity index (χ4n) is 1.80. The van der Waals surface area contributed by atoms with E-state index in [0.29, 0.717) is 5.69 Å². The van der Waals surface area contributed by atoms with Gasteiger partial charge in [0.05, 0.1) is 12.0 Å². The van der Waals surface area contributed by atoms with Gasteiger partial charge in [-0.3, -0.25) is 14.9 Å². The minimum atomic E-state index is -0.614. The third-order valence-corrected chi connectivity index (χ3v) is 3.14. The molecule has 1 N–H and O–H groups in total. The monoisotopic (exact) mass is 321 g/mol. The van der Waals surface area contributed by atoms with Gasteiger partial charge in [0.2, 0.25) is 5.88 Å². The standard InChI is InChI=1S/C14H12ClN3O4/c1-8-5-11(14(22-2)16-7-8)17-13(19)9-3-4-12(18(20)21)10(15)6-9/h3-7H,1-2H3,(H,17,19). The number of benzene rings is 1. The van der Waals surface area contributed by atoms with Gasteiger partial charge >= 0.3 is 0 Å². The van der Waals surface area contributed by atoms with Crippen molar-refractivity contribution in [1.82, 2.24) is 4.98 Å². The molecule has 22 heavy (non-hydrogen) atoms. The summed E-state index contributed by atoms with van der Waals surface area (Å²) >= 11 is 5.80. The zero-order valence-corrected chi connectivity index (χ0v) is 12.5. The third-order valence-electron chi connectivity index (χ3n) is 2.84. The van der Waals surface area contributed by atoms with Crippen LogP contribution in [0.3, 0.4) is 0 Å². The molecule has 0 aliphatic carbocycles. The maximum absolute atomic E-state index is 12.2. The highest BCUT2D eigenvalue weighted by molar-refractivity contribution is 6.33. The summed E-state index contributed by atoms with van der Waals surface area (Å²) in [6.07, 6.45) is 1.61. The van der Waals surface area contributed by atoms with Crippen LogP contribution in [0.25, 0.3) is 0 Å². The highest BCUT2D eigenvalue weighted by atomic mass is 35.5. The number of aryl methyl sites for hydroxylation is 1. The van der Waals surface area contributed by atoms with Crippen molar-refractivity contribution < 1.29 is 14.5 Å². The molecule has 0 saturated heterocycles. The normalized spacial score (nSPS) is 10.1. The van der Waals surface area contributed by atoms with Crippen molar-refractivity contribution in [3.8, 4) is 5.88 Å². The molecule has 114 valence electrons. The Kier molecular flexibility index (Phi) is 4.57. The number of halogens is 1. The second kappa shape index (κ2) is 6.40. The van der Waals surface area contributed by atoms with E-state index in [4.69, 9.17) is 16.3 Å². The van der Waals surface area contributed by atoms with Crippen LogP contribution in [0.4, 0.5) is 11.4 Å². The minimum absolute atomic E-state index is 0.105. The Morgan fingerprint density at radius 2 is 2.14 bits per heavy atom. The molecule has 0 aliphatic rings. The number of pyridine rings is 1. The first-order valence-corrected chi connectivity index (χ1v) is 6.56. The van der Waals surface area contributed by atoms with Crippen molar-refractivity contribution in [2.24, 2.45) is 0 Å². The van der Waals surface area contributed by atoms with Crippen LogP contribution in [0.5, 0.6) is 5.88 Å². The van der Waals surface area contributed by atoms with Gasteiger partial charge in [-0.25, -0.2) is 4.98 Å². The van der Waals surface area contributed by atoms with Gasteiger partial charge in [-0.1, -0.05) is 11.6 Å². The van der Waals surface area contributed by atoms with Crippen molar-refractivity contribution in [2.75, 3.05) is 12.4 Å². The summed E-state index contributed by atoms with van der Waals surface area (Å²) in [6.45, 7) is 1.82. The number of carbonyl (C=O) groups is 1. The smallest absolute Gasteiger partial charge is 0.287 e. The molecule has 0 unspecified atom stereocenters. The van der Waals surface area contributed by atoms with Crippen molar-refractivity contribution in [1.29, 1.82) is 0 Å². The Morgan fingerprint density at radius 1 is 1.41 bits per heavy atom. The molecule has 7 nitrogen and oxygen atoms in total. The second-order valence-electron chi connectivity index (χ2n) is 4.45. The fourth-order valence-corrected chi connectivity index (χ4v) is 2.05. The van der Waals surface area contributed by atoms with Crippen LogP contribution >= 0.6 is 11.6 Å². The topological polar surface area (TPSA) is 94.4 Å². The van der Waals surface area contributed by atoms with Gasteiger partial charge in [0, 0.05) is 17.8 Å². The molecule has 1 amide bonds. The van der Waals surface area contributed by atoms with E-state index in [0.717, 1.165) is 5.56 Å². The molecule has 0 aliphatic heterocycles. The van der Waals surface area contributed by atoms with Crippen LogP contribution in [0.2, 0.25) is 5.02 Å². The number of rotatable bonds is 4. The summed E-state index contributed by atoms with van der Waals surface area (Å²) in [6, 6.07) is 5.46. The van der Waals surface area contributed by atoms with Crippen LogP contribution in [0.1, 0.15) is 15.9 Å². The molecule has 0 spiro atoms. The molecule has 1 aromatic heterocycles. The quantitative estimate of drug-likeness (QED) is 0.689. The number of amides is 1. The number of carbonyl (C=O) groups excluding carboxylic acids is 1. The lowest BCUT2D eigenvalue weighted by Gasteiger charge is -2.10. The van der Waals surface area contributed by atoms with Gasteiger partial charge < -0.3 is 10.1 Å². The SMILES string of the molecule is COc1ncc(C)cc1NC(=O)c1ccc([N+](=O)[O-])c(Cl)c1. The zero-order valence-electron chi connectivity index (χ0n) is 11.8. The maximum atomic E-state index is 12.2. The molecular formula is C14H12ClN3O4. The first-order chi connectivity index (χ1) is 10.4. The molecule has 0 bridgehead atoms. The van der Waals surface area contributed by atoms with E-state index in [1.807, 2.05) is 6.92 Å². The number of nitro benzene ring substituents is 1. The van der Waals surface area contributed by atoms with E-state index in [1.54, 1.807) is 12.3 Å². The Balaban J connectivity index is 2.28. The van der Waals surface area contributed by atoms with Gasteiger partial charge in [-0.05, 0) is 30.7 Å². The zero-order chi connectivity index (χ0) is 16.3. The largest absolute Gasteiger partial charge is 0.480 e. The summed E-state index contributed by atoms with van der Waals surface area (Å²) < 4.78 is 5.07. The van der Waals surface area contributed by atoms with Crippen molar-refractivity contribution in [3.05, 3.63) is 56.7 Å². The number of nitrogens with zero attached hydrogens (tertiary/aromatic N) is 2. The lowest BCUT2D eigenvalue weighted by Crippen LogP contribution is -2.13. The number of nitro groups is 1. The number of aromatic nitrogens is 1.